The molecule has 5 heteroatoms. The molecule has 1 N–H and O–H groups in total. The van der Waals surface area contributed by atoms with Crippen LogP contribution in [0.3, 0.4) is 0 Å². The summed E-state index contributed by atoms with van der Waals surface area (Å²) >= 11 is 5.27. The molecule has 0 bridgehead atoms. The van der Waals surface area contributed by atoms with Crippen LogP contribution in [0.4, 0.5) is 0 Å². The van der Waals surface area contributed by atoms with Gasteiger partial charge in [-0.15, -0.1) is 0 Å². The minimum atomic E-state index is 0.100. The average molecular weight is 332 g/mol. The van der Waals surface area contributed by atoms with Crippen LogP contribution in [-0.2, 0) is 11.3 Å². The first-order chi connectivity index (χ1) is 11.1. The lowest BCUT2D eigenvalue weighted by Crippen LogP contribution is -2.43. The number of nitrogens with one attached hydrogen (secondary N) is 1. The summed E-state index contributed by atoms with van der Waals surface area (Å²) in [6.45, 7) is 5.08. The first-order valence-electron chi connectivity index (χ1n) is 8.44. The summed E-state index contributed by atoms with van der Waals surface area (Å²) in [5.74, 6) is 1.33. The number of hydrogen-bond donors (Lipinski definition) is 1. The first-order valence-corrected chi connectivity index (χ1v) is 8.85. The SMILES string of the molecule is C[C@@H]1[C@H](C)CCC[C@@H]1NC(=O)CCn1c(=S)oc2ccccc21. The van der Waals surface area contributed by atoms with Gasteiger partial charge < -0.3 is 9.73 Å². The van der Waals surface area contributed by atoms with E-state index in [4.69, 9.17) is 16.6 Å². The molecule has 1 fully saturated rings. The molecule has 3 rings (SSSR count). The fourth-order valence-electron chi connectivity index (χ4n) is 3.50. The number of benzene rings is 1. The Kier molecular flexibility index (Phi) is 4.85. The highest BCUT2D eigenvalue weighted by atomic mass is 32.1. The fraction of sp³-hybridized carbons (Fsp3) is 0.556. The Bertz CT molecular complexity index is 749. The van der Waals surface area contributed by atoms with Gasteiger partial charge in [0.25, 0.3) is 4.84 Å². The summed E-state index contributed by atoms with van der Waals surface area (Å²) in [5, 5.41) is 3.21. The van der Waals surface area contributed by atoms with E-state index in [2.05, 4.69) is 19.2 Å². The van der Waals surface area contributed by atoms with E-state index in [1.54, 1.807) is 0 Å². The number of carbonyl (C=O) groups excluding carboxylic acids is 1. The number of hydrogen-bond acceptors (Lipinski definition) is 3. The zero-order valence-corrected chi connectivity index (χ0v) is 14.6. The summed E-state index contributed by atoms with van der Waals surface area (Å²) in [4.78, 5) is 12.7. The minimum Gasteiger partial charge on any atom is -0.429 e. The molecular formula is C18H24N2O2S. The monoisotopic (exact) mass is 332 g/mol. The smallest absolute Gasteiger partial charge is 0.269 e. The molecule has 1 aliphatic rings. The second-order valence-corrected chi connectivity index (χ2v) is 7.03. The number of aromatic nitrogens is 1. The number of aryl methyl sites for hydroxylation is 1. The predicted octanol–water partition coefficient (Wildman–Crippen LogP) is 4.29. The van der Waals surface area contributed by atoms with E-state index in [-0.39, 0.29) is 5.91 Å². The van der Waals surface area contributed by atoms with Gasteiger partial charge in [0, 0.05) is 19.0 Å². The van der Waals surface area contributed by atoms with E-state index in [0.29, 0.717) is 35.7 Å². The van der Waals surface area contributed by atoms with Gasteiger partial charge in [0.2, 0.25) is 5.91 Å². The number of oxazole rings is 1. The Morgan fingerprint density at radius 1 is 1.35 bits per heavy atom. The lowest BCUT2D eigenvalue weighted by molar-refractivity contribution is -0.122. The normalized spacial score (nSPS) is 24.7. The predicted molar refractivity (Wildman–Crippen MR) is 93.8 cm³/mol. The standard InChI is InChI=1S/C18H24N2O2S/c1-12-6-5-7-14(13(12)2)19-17(21)10-11-20-15-8-3-4-9-16(15)22-18(20)23/h3-4,8-9,12-14H,5-7,10-11H2,1-2H3,(H,19,21)/t12-,13-,14+/m1/s1. The van der Waals surface area contributed by atoms with E-state index in [1.807, 2.05) is 28.8 Å². The van der Waals surface area contributed by atoms with Gasteiger partial charge in [-0.2, -0.15) is 0 Å². The van der Waals surface area contributed by atoms with Crippen molar-refractivity contribution in [2.24, 2.45) is 11.8 Å². The van der Waals surface area contributed by atoms with Gasteiger partial charge in [0.05, 0.1) is 5.52 Å². The maximum atomic E-state index is 12.3. The van der Waals surface area contributed by atoms with Crippen LogP contribution < -0.4 is 5.32 Å². The molecule has 1 aliphatic carbocycles. The van der Waals surface area contributed by atoms with Crippen molar-refractivity contribution in [1.29, 1.82) is 0 Å². The molecule has 1 aromatic carbocycles. The number of nitrogens with zero attached hydrogens (tertiary/aromatic N) is 1. The highest BCUT2D eigenvalue weighted by Gasteiger charge is 2.27. The zero-order valence-electron chi connectivity index (χ0n) is 13.7. The third kappa shape index (κ3) is 3.50. The molecule has 0 unspecified atom stereocenters. The lowest BCUT2D eigenvalue weighted by Gasteiger charge is -2.34. The summed E-state index contributed by atoms with van der Waals surface area (Å²) in [6, 6.07) is 8.04. The molecule has 1 aromatic heterocycles. The fourth-order valence-corrected chi connectivity index (χ4v) is 3.78. The summed E-state index contributed by atoms with van der Waals surface area (Å²) in [6.07, 6.45) is 3.98. The molecule has 2 aromatic rings. The van der Waals surface area contributed by atoms with Crippen LogP contribution in [0.5, 0.6) is 0 Å². The molecule has 1 heterocycles. The van der Waals surface area contributed by atoms with Crippen molar-refractivity contribution in [2.45, 2.75) is 52.1 Å². The maximum Gasteiger partial charge on any atom is 0.269 e. The summed E-state index contributed by atoms with van der Waals surface area (Å²) in [7, 11) is 0. The van der Waals surface area contributed by atoms with Crippen LogP contribution in [0, 0.1) is 16.7 Å². The van der Waals surface area contributed by atoms with Crippen molar-refractivity contribution in [3.63, 3.8) is 0 Å². The van der Waals surface area contributed by atoms with Gasteiger partial charge in [-0.25, -0.2) is 0 Å². The Hall–Kier alpha value is -1.62. The van der Waals surface area contributed by atoms with E-state index in [1.165, 1.54) is 12.8 Å². The molecule has 1 saturated carbocycles. The van der Waals surface area contributed by atoms with E-state index >= 15 is 0 Å². The zero-order chi connectivity index (χ0) is 16.4. The van der Waals surface area contributed by atoms with Crippen LogP contribution in [-0.4, -0.2) is 16.5 Å². The lowest BCUT2D eigenvalue weighted by atomic mass is 9.78. The maximum absolute atomic E-state index is 12.3. The molecule has 0 aliphatic heterocycles. The van der Waals surface area contributed by atoms with Crippen LogP contribution in [0.25, 0.3) is 11.1 Å². The van der Waals surface area contributed by atoms with Gasteiger partial charge in [0.1, 0.15) is 0 Å². The van der Waals surface area contributed by atoms with E-state index in [9.17, 15) is 4.79 Å². The average Bonchev–Trinajstić information content (AvgIpc) is 2.85. The Balaban J connectivity index is 1.62. The summed E-state index contributed by atoms with van der Waals surface area (Å²) < 4.78 is 7.46. The van der Waals surface area contributed by atoms with Crippen molar-refractivity contribution in [3.8, 4) is 0 Å². The number of carbonyl (C=O) groups is 1. The summed E-state index contributed by atoms with van der Waals surface area (Å²) in [5.41, 5.74) is 1.72. The third-order valence-electron chi connectivity index (χ3n) is 5.19. The number of rotatable bonds is 4. The van der Waals surface area contributed by atoms with Crippen molar-refractivity contribution < 1.29 is 9.21 Å². The molecular weight excluding hydrogens is 308 g/mol. The van der Waals surface area contributed by atoms with Gasteiger partial charge in [-0.05, 0) is 42.6 Å². The second kappa shape index (κ2) is 6.87. The van der Waals surface area contributed by atoms with Crippen molar-refractivity contribution in [3.05, 3.63) is 29.1 Å². The van der Waals surface area contributed by atoms with Crippen LogP contribution >= 0.6 is 12.2 Å². The highest BCUT2D eigenvalue weighted by molar-refractivity contribution is 7.71. The van der Waals surface area contributed by atoms with Gasteiger partial charge in [-0.3, -0.25) is 9.36 Å². The van der Waals surface area contributed by atoms with Gasteiger partial charge in [0.15, 0.2) is 5.58 Å². The van der Waals surface area contributed by atoms with Crippen molar-refractivity contribution in [2.75, 3.05) is 0 Å². The molecule has 1 amide bonds. The van der Waals surface area contributed by atoms with Crippen LogP contribution in [0.2, 0.25) is 0 Å². The number of para-hydroxylation sites is 2. The van der Waals surface area contributed by atoms with Gasteiger partial charge in [-0.1, -0.05) is 38.8 Å². The van der Waals surface area contributed by atoms with Crippen molar-refractivity contribution in [1.82, 2.24) is 9.88 Å². The topological polar surface area (TPSA) is 47.2 Å². The second-order valence-electron chi connectivity index (χ2n) is 6.68. The number of fused-ring (bicyclic) bond motifs is 1. The molecule has 0 radical (unpaired) electrons. The largest absolute Gasteiger partial charge is 0.429 e. The third-order valence-corrected chi connectivity index (χ3v) is 5.49. The Labute approximate surface area is 141 Å². The van der Waals surface area contributed by atoms with E-state index in [0.717, 1.165) is 17.5 Å². The highest BCUT2D eigenvalue weighted by Crippen LogP contribution is 2.29. The molecule has 0 saturated heterocycles. The first kappa shape index (κ1) is 16.2. The van der Waals surface area contributed by atoms with Gasteiger partial charge >= 0.3 is 0 Å². The van der Waals surface area contributed by atoms with Crippen LogP contribution in [0.1, 0.15) is 39.5 Å². The Morgan fingerprint density at radius 3 is 2.96 bits per heavy atom. The molecule has 0 spiro atoms. The Morgan fingerprint density at radius 2 is 2.13 bits per heavy atom. The van der Waals surface area contributed by atoms with Crippen molar-refractivity contribution >= 4 is 29.2 Å². The molecule has 124 valence electrons. The number of amides is 1. The van der Waals surface area contributed by atoms with E-state index < -0.39 is 0 Å². The minimum absolute atomic E-state index is 0.100. The molecule has 4 nitrogen and oxygen atoms in total. The molecule has 3 atom stereocenters. The quantitative estimate of drug-likeness (QED) is 0.849. The molecule has 23 heavy (non-hydrogen) atoms. The van der Waals surface area contributed by atoms with Crippen LogP contribution in [0.15, 0.2) is 28.7 Å².